The molecular weight excluding hydrogens is 276 g/mol. The van der Waals surface area contributed by atoms with Gasteiger partial charge < -0.3 is 20.8 Å². The van der Waals surface area contributed by atoms with Crippen molar-refractivity contribution in [3.63, 3.8) is 0 Å². The number of anilines is 1. The third kappa shape index (κ3) is 3.38. The Balaban J connectivity index is 2.24. The number of carboxylic acid groups (broad SMARTS) is 2. The van der Waals surface area contributed by atoms with E-state index in [9.17, 15) is 14.4 Å². The van der Waals surface area contributed by atoms with Gasteiger partial charge >= 0.3 is 11.9 Å². The van der Waals surface area contributed by atoms with Crippen LogP contribution in [0.3, 0.4) is 0 Å². The highest BCUT2D eigenvalue weighted by molar-refractivity contribution is 5.99. The summed E-state index contributed by atoms with van der Waals surface area (Å²) in [4.78, 5) is 34.2. The third-order valence-corrected chi connectivity index (χ3v) is 3.55. The summed E-state index contributed by atoms with van der Waals surface area (Å²) in [5, 5.41) is 23.7. The second-order valence-electron chi connectivity index (χ2n) is 5.14. The van der Waals surface area contributed by atoms with E-state index in [1.165, 1.54) is 12.1 Å². The number of aromatic carboxylic acids is 2. The minimum atomic E-state index is -1.25. The van der Waals surface area contributed by atoms with Gasteiger partial charge in [-0.15, -0.1) is 0 Å². The van der Waals surface area contributed by atoms with Crippen molar-refractivity contribution in [1.29, 1.82) is 0 Å². The molecule has 2 rings (SSSR count). The van der Waals surface area contributed by atoms with Crippen LogP contribution in [0, 0.1) is 11.8 Å². The van der Waals surface area contributed by atoms with E-state index >= 15 is 0 Å². The second kappa shape index (κ2) is 5.92. The first kappa shape index (κ1) is 15.0. The van der Waals surface area contributed by atoms with Crippen LogP contribution in [-0.4, -0.2) is 41.1 Å². The second-order valence-corrected chi connectivity index (χ2v) is 5.14. The molecule has 0 unspecified atom stereocenters. The quantitative estimate of drug-likeness (QED) is 0.654. The Hall–Kier alpha value is -2.41. The first-order chi connectivity index (χ1) is 9.88. The van der Waals surface area contributed by atoms with Gasteiger partial charge in [0.1, 0.15) is 0 Å². The van der Waals surface area contributed by atoms with Crippen LogP contribution in [0.1, 0.15) is 27.6 Å². The van der Waals surface area contributed by atoms with E-state index in [1.807, 2.05) is 6.92 Å². The molecule has 1 amide bonds. The first-order valence-electron chi connectivity index (χ1n) is 6.51. The lowest BCUT2D eigenvalue weighted by molar-refractivity contribution is -0.120. The van der Waals surface area contributed by atoms with E-state index in [2.05, 4.69) is 10.6 Å². The summed E-state index contributed by atoms with van der Waals surface area (Å²) in [5.74, 6) is -2.78. The highest BCUT2D eigenvalue weighted by atomic mass is 16.4. The number of carboxylic acids is 2. The fourth-order valence-corrected chi connectivity index (χ4v) is 2.34. The fourth-order valence-electron chi connectivity index (χ4n) is 2.34. The Labute approximate surface area is 121 Å². The Morgan fingerprint density at radius 1 is 1.10 bits per heavy atom. The van der Waals surface area contributed by atoms with Crippen molar-refractivity contribution in [2.75, 3.05) is 18.4 Å². The molecular formula is C14H16N2O5. The van der Waals surface area contributed by atoms with Gasteiger partial charge in [0.15, 0.2) is 0 Å². The van der Waals surface area contributed by atoms with Crippen molar-refractivity contribution >= 4 is 23.5 Å². The van der Waals surface area contributed by atoms with Crippen LogP contribution in [0.25, 0.3) is 0 Å². The van der Waals surface area contributed by atoms with Gasteiger partial charge in [-0.25, -0.2) is 9.59 Å². The van der Waals surface area contributed by atoms with Gasteiger partial charge in [0.05, 0.1) is 17.0 Å². The van der Waals surface area contributed by atoms with Crippen LogP contribution in [0.15, 0.2) is 18.2 Å². The number of amides is 1. The smallest absolute Gasteiger partial charge is 0.335 e. The van der Waals surface area contributed by atoms with Crippen molar-refractivity contribution < 1.29 is 24.6 Å². The summed E-state index contributed by atoms with van der Waals surface area (Å²) in [6, 6.07) is 3.56. The van der Waals surface area contributed by atoms with E-state index in [1.54, 1.807) is 0 Å². The standard InChI is InChI=1S/C14H16N2O5/c1-7-5-15-6-11(7)12(17)16-10-3-8(13(18)19)2-9(4-10)14(20)21/h2-4,7,11,15H,5-6H2,1H3,(H,16,17)(H,18,19)(H,20,21)/t7-,11-/m1/s1. The molecule has 21 heavy (non-hydrogen) atoms. The van der Waals surface area contributed by atoms with E-state index in [4.69, 9.17) is 10.2 Å². The monoisotopic (exact) mass is 292 g/mol. The number of benzene rings is 1. The lowest BCUT2D eigenvalue weighted by Gasteiger charge is -2.15. The molecule has 1 aromatic carbocycles. The van der Waals surface area contributed by atoms with Gasteiger partial charge in [0.25, 0.3) is 0 Å². The molecule has 1 saturated heterocycles. The molecule has 7 heteroatoms. The number of hydrogen-bond acceptors (Lipinski definition) is 4. The van der Waals surface area contributed by atoms with Crippen LogP contribution in [0.2, 0.25) is 0 Å². The van der Waals surface area contributed by atoms with Crippen molar-refractivity contribution in [3.8, 4) is 0 Å². The van der Waals surface area contributed by atoms with E-state index in [0.29, 0.717) is 6.54 Å². The normalized spacial score (nSPS) is 21.0. The largest absolute Gasteiger partial charge is 0.478 e. The summed E-state index contributed by atoms with van der Waals surface area (Å²) < 4.78 is 0. The van der Waals surface area contributed by atoms with E-state index in [0.717, 1.165) is 12.6 Å². The first-order valence-corrected chi connectivity index (χ1v) is 6.51. The highest BCUT2D eigenvalue weighted by Crippen LogP contribution is 2.20. The van der Waals surface area contributed by atoms with Crippen molar-refractivity contribution in [2.45, 2.75) is 6.92 Å². The van der Waals surface area contributed by atoms with Crippen molar-refractivity contribution in [1.82, 2.24) is 5.32 Å². The molecule has 4 N–H and O–H groups in total. The molecule has 112 valence electrons. The molecule has 2 atom stereocenters. The van der Waals surface area contributed by atoms with Gasteiger partial charge in [-0.2, -0.15) is 0 Å². The summed E-state index contributed by atoms with van der Waals surface area (Å²) >= 11 is 0. The predicted molar refractivity (Wildman–Crippen MR) is 74.5 cm³/mol. The molecule has 7 nitrogen and oxygen atoms in total. The average Bonchev–Trinajstić information content (AvgIpc) is 2.84. The lowest BCUT2D eigenvalue weighted by atomic mass is 9.97. The van der Waals surface area contributed by atoms with Crippen LogP contribution in [0.5, 0.6) is 0 Å². The van der Waals surface area contributed by atoms with Crippen molar-refractivity contribution in [2.24, 2.45) is 11.8 Å². The number of carbonyl (C=O) groups is 3. The number of rotatable bonds is 4. The molecule has 1 aliphatic rings. The maximum absolute atomic E-state index is 12.1. The Morgan fingerprint density at radius 3 is 2.10 bits per heavy atom. The zero-order valence-corrected chi connectivity index (χ0v) is 11.4. The predicted octanol–water partition coefficient (Wildman–Crippen LogP) is 0.877. The Bertz CT molecular complexity index is 567. The van der Waals surface area contributed by atoms with E-state index < -0.39 is 11.9 Å². The molecule has 1 aromatic rings. The molecule has 0 spiro atoms. The number of hydrogen-bond donors (Lipinski definition) is 4. The topological polar surface area (TPSA) is 116 Å². The van der Waals surface area contributed by atoms with Crippen LogP contribution in [-0.2, 0) is 4.79 Å². The molecule has 0 aliphatic carbocycles. The Morgan fingerprint density at radius 2 is 1.67 bits per heavy atom. The van der Waals surface area contributed by atoms with Gasteiger partial charge in [-0.05, 0) is 30.7 Å². The molecule has 0 saturated carbocycles. The highest BCUT2D eigenvalue weighted by Gasteiger charge is 2.29. The fraction of sp³-hybridized carbons (Fsp3) is 0.357. The van der Waals surface area contributed by atoms with Crippen molar-refractivity contribution in [3.05, 3.63) is 29.3 Å². The van der Waals surface area contributed by atoms with Gasteiger partial charge in [0, 0.05) is 12.2 Å². The summed E-state index contributed by atoms with van der Waals surface area (Å²) in [5.41, 5.74) is -0.179. The van der Waals surface area contributed by atoms with Gasteiger partial charge in [-0.3, -0.25) is 4.79 Å². The minimum Gasteiger partial charge on any atom is -0.478 e. The SMILES string of the molecule is C[C@@H]1CNC[C@H]1C(=O)Nc1cc(C(=O)O)cc(C(=O)O)c1. The molecule has 0 aromatic heterocycles. The molecule has 1 heterocycles. The molecule has 0 bridgehead atoms. The van der Waals surface area contributed by atoms with Crippen LogP contribution in [0.4, 0.5) is 5.69 Å². The summed E-state index contributed by atoms with van der Waals surface area (Å²) in [7, 11) is 0. The maximum atomic E-state index is 12.1. The molecule has 0 radical (unpaired) electrons. The maximum Gasteiger partial charge on any atom is 0.335 e. The minimum absolute atomic E-state index is 0.173. The van der Waals surface area contributed by atoms with Crippen LogP contribution >= 0.6 is 0 Å². The van der Waals surface area contributed by atoms with Gasteiger partial charge in [-0.1, -0.05) is 6.92 Å². The molecule has 1 fully saturated rings. The average molecular weight is 292 g/mol. The van der Waals surface area contributed by atoms with Gasteiger partial charge in [0.2, 0.25) is 5.91 Å². The lowest BCUT2D eigenvalue weighted by Crippen LogP contribution is -2.28. The van der Waals surface area contributed by atoms with E-state index in [-0.39, 0.29) is 34.6 Å². The third-order valence-electron chi connectivity index (χ3n) is 3.55. The number of nitrogens with one attached hydrogen (secondary N) is 2. The Kier molecular flexibility index (Phi) is 4.23. The van der Waals surface area contributed by atoms with Crippen LogP contribution < -0.4 is 10.6 Å². The molecule has 1 aliphatic heterocycles. The number of carbonyl (C=O) groups excluding carboxylic acids is 1. The zero-order chi connectivity index (χ0) is 15.6. The zero-order valence-electron chi connectivity index (χ0n) is 11.4. The summed E-state index contributed by atoms with van der Waals surface area (Å²) in [6.45, 7) is 3.24. The summed E-state index contributed by atoms with van der Waals surface area (Å²) in [6.07, 6.45) is 0.